The van der Waals surface area contributed by atoms with Gasteiger partial charge in [0.05, 0.1) is 0 Å². The SMILES string of the molecule is CC(C)CN(Cc1cccc(Cl)c1)Cc1cccc(CN)c1. The zero-order valence-electron chi connectivity index (χ0n) is 13.4. The monoisotopic (exact) mass is 316 g/mol. The number of hydrogen-bond acceptors (Lipinski definition) is 2. The number of hydrogen-bond donors (Lipinski definition) is 1. The van der Waals surface area contributed by atoms with Crippen molar-refractivity contribution >= 4 is 11.6 Å². The molecule has 22 heavy (non-hydrogen) atoms. The summed E-state index contributed by atoms with van der Waals surface area (Å²) in [6.45, 7) is 7.98. The molecular weight excluding hydrogens is 292 g/mol. The topological polar surface area (TPSA) is 29.3 Å². The van der Waals surface area contributed by atoms with Crippen LogP contribution in [0.1, 0.15) is 30.5 Å². The molecule has 0 atom stereocenters. The molecule has 2 nitrogen and oxygen atoms in total. The Morgan fingerprint density at radius 1 is 0.955 bits per heavy atom. The fraction of sp³-hybridized carbons (Fsp3) is 0.368. The Morgan fingerprint density at radius 3 is 2.14 bits per heavy atom. The van der Waals surface area contributed by atoms with Crippen LogP contribution in [0.25, 0.3) is 0 Å². The minimum atomic E-state index is 0.590. The second kappa shape index (κ2) is 8.33. The lowest BCUT2D eigenvalue weighted by atomic mass is 10.1. The van der Waals surface area contributed by atoms with Gasteiger partial charge in [-0.3, -0.25) is 4.90 Å². The van der Waals surface area contributed by atoms with Crippen molar-refractivity contribution in [3.63, 3.8) is 0 Å². The van der Waals surface area contributed by atoms with Gasteiger partial charge in [-0.25, -0.2) is 0 Å². The molecular formula is C19H25ClN2. The van der Waals surface area contributed by atoms with Crippen molar-refractivity contribution in [1.82, 2.24) is 4.90 Å². The fourth-order valence-electron chi connectivity index (χ4n) is 2.71. The summed E-state index contributed by atoms with van der Waals surface area (Å²) in [5.74, 6) is 0.622. The highest BCUT2D eigenvalue weighted by molar-refractivity contribution is 6.30. The summed E-state index contributed by atoms with van der Waals surface area (Å²) in [7, 11) is 0. The largest absolute Gasteiger partial charge is 0.326 e. The van der Waals surface area contributed by atoms with Crippen LogP contribution >= 0.6 is 11.6 Å². The molecule has 2 aromatic rings. The summed E-state index contributed by atoms with van der Waals surface area (Å²) in [5, 5.41) is 0.798. The Kier molecular flexibility index (Phi) is 6.44. The van der Waals surface area contributed by atoms with Crippen molar-refractivity contribution < 1.29 is 0 Å². The number of halogens is 1. The standard InChI is InChI=1S/C19H25ClN2/c1-15(2)12-22(14-18-7-4-8-19(20)10-18)13-17-6-3-5-16(9-17)11-21/h3-10,15H,11-14,21H2,1-2H3. The highest BCUT2D eigenvalue weighted by Crippen LogP contribution is 2.16. The van der Waals surface area contributed by atoms with Crippen molar-refractivity contribution in [1.29, 1.82) is 0 Å². The van der Waals surface area contributed by atoms with E-state index in [1.807, 2.05) is 18.2 Å². The quantitative estimate of drug-likeness (QED) is 0.817. The van der Waals surface area contributed by atoms with Gasteiger partial charge in [0.15, 0.2) is 0 Å². The van der Waals surface area contributed by atoms with Gasteiger partial charge in [0.25, 0.3) is 0 Å². The first kappa shape index (κ1) is 17.0. The van der Waals surface area contributed by atoms with E-state index in [-0.39, 0.29) is 0 Å². The third kappa shape index (κ3) is 5.45. The van der Waals surface area contributed by atoms with E-state index >= 15 is 0 Å². The maximum Gasteiger partial charge on any atom is 0.0409 e. The predicted molar refractivity (Wildman–Crippen MR) is 94.7 cm³/mol. The van der Waals surface area contributed by atoms with Crippen LogP contribution in [0.2, 0.25) is 5.02 Å². The molecule has 0 amide bonds. The molecule has 0 aromatic heterocycles. The third-order valence-corrected chi connectivity index (χ3v) is 3.79. The summed E-state index contributed by atoms with van der Waals surface area (Å²) in [5.41, 5.74) is 9.49. The van der Waals surface area contributed by atoms with E-state index in [9.17, 15) is 0 Å². The summed E-state index contributed by atoms with van der Waals surface area (Å²) in [6, 6.07) is 16.6. The van der Waals surface area contributed by atoms with Crippen molar-refractivity contribution in [2.75, 3.05) is 6.54 Å². The Morgan fingerprint density at radius 2 is 1.55 bits per heavy atom. The number of nitrogens with zero attached hydrogens (tertiary/aromatic N) is 1. The van der Waals surface area contributed by atoms with E-state index in [2.05, 4.69) is 49.1 Å². The molecule has 3 heteroatoms. The molecule has 2 rings (SSSR count). The highest BCUT2D eigenvalue weighted by atomic mass is 35.5. The zero-order chi connectivity index (χ0) is 15.9. The molecule has 0 unspecified atom stereocenters. The minimum Gasteiger partial charge on any atom is -0.326 e. The molecule has 0 aliphatic rings. The lowest BCUT2D eigenvalue weighted by molar-refractivity contribution is 0.227. The molecule has 0 fully saturated rings. The van der Waals surface area contributed by atoms with E-state index < -0.39 is 0 Å². The number of rotatable bonds is 7. The van der Waals surface area contributed by atoms with Gasteiger partial charge in [-0.05, 0) is 34.7 Å². The smallest absolute Gasteiger partial charge is 0.0409 e. The van der Waals surface area contributed by atoms with Gasteiger partial charge in [0.2, 0.25) is 0 Å². The van der Waals surface area contributed by atoms with Gasteiger partial charge in [-0.15, -0.1) is 0 Å². The van der Waals surface area contributed by atoms with Gasteiger partial charge >= 0.3 is 0 Å². The molecule has 0 spiro atoms. The van der Waals surface area contributed by atoms with Crippen molar-refractivity contribution in [3.05, 3.63) is 70.2 Å². The molecule has 0 bridgehead atoms. The van der Waals surface area contributed by atoms with E-state index in [1.54, 1.807) is 0 Å². The molecule has 0 heterocycles. The minimum absolute atomic E-state index is 0.590. The molecule has 0 aliphatic carbocycles. The van der Waals surface area contributed by atoms with Crippen molar-refractivity contribution in [3.8, 4) is 0 Å². The summed E-state index contributed by atoms with van der Waals surface area (Å²) < 4.78 is 0. The highest BCUT2D eigenvalue weighted by Gasteiger charge is 2.10. The molecule has 0 aliphatic heterocycles. The number of nitrogens with two attached hydrogens (primary N) is 1. The summed E-state index contributed by atoms with van der Waals surface area (Å²) in [6.07, 6.45) is 0. The third-order valence-electron chi connectivity index (χ3n) is 3.55. The molecule has 0 radical (unpaired) electrons. The molecule has 118 valence electrons. The first-order valence-electron chi connectivity index (χ1n) is 7.81. The molecule has 0 saturated carbocycles. The average molecular weight is 317 g/mol. The second-order valence-corrected chi connectivity index (χ2v) is 6.65. The van der Waals surface area contributed by atoms with Crippen LogP contribution in [0.3, 0.4) is 0 Å². The molecule has 2 aromatic carbocycles. The van der Waals surface area contributed by atoms with Gasteiger partial charge < -0.3 is 5.73 Å². The lowest BCUT2D eigenvalue weighted by Crippen LogP contribution is -2.27. The normalized spacial score (nSPS) is 11.4. The maximum absolute atomic E-state index is 6.10. The van der Waals surface area contributed by atoms with Crippen LogP contribution in [0.5, 0.6) is 0 Å². The average Bonchev–Trinajstić information content (AvgIpc) is 2.46. The van der Waals surface area contributed by atoms with Gasteiger partial charge in [0, 0.05) is 31.2 Å². The van der Waals surface area contributed by atoms with E-state index in [1.165, 1.54) is 16.7 Å². The van der Waals surface area contributed by atoms with Crippen LogP contribution in [0.15, 0.2) is 48.5 Å². The van der Waals surface area contributed by atoms with Crippen LogP contribution in [-0.4, -0.2) is 11.4 Å². The lowest BCUT2D eigenvalue weighted by Gasteiger charge is -2.25. The van der Waals surface area contributed by atoms with E-state index in [0.29, 0.717) is 12.5 Å². The first-order chi connectivity index (χ1) is 10.6. The van der Waals surface area contributed by atoms with Crippen LogP contribution < -0.4 is 5.73 Å². The Labute approximate surface area is 138 Å². The van der Waals surface area contributed by atoms with Gasteiger partial charge in [0.1, 0.15) is 0 Å². The van der Waals surface area contributed by atoms with Crippen LogP contribution in [-0.2, 0) is 19.6 Å². The van der Waals surface area contributed by atoms with Gasteiger partial charge in [-0.1, -0.05) is 61.8 Å². The maximum atomic E-state index is 6.10. The van der Waals surface area contributed by atoms with Crippen molar-refractivity contribution in [2.45, 2.75) is 33.5 Å². The van der Waals surface area contributed by atoms with E-state index in [4.69, 9.17) is 17.3 Å². The van der Waals surface area contributed by atoms with Crippen LogP contribution in [0.4, 0.5) is 0 Å². The first-order valence-corrected chi connectivity index (χ1v) is 8.19. The van der Waals surface area contributed by atoms with Crippen molar-refractivity contribution in [2.24, 2.45) is 11.7 Å². The second-order valence-electron chi connectivity index (χ2n) is 6.22. The summed E-state index contributed by atoms with van der Waals surface area (Å²) in [4.78, 5) is 2.46. The predicted octanol–water partition coefficient (Wildman–Crippen LogP) is 4.46. The Bertz CT molecular complexity index is 595. The Hall–Kier alpha value is -1.35. The Balaban J connectivity index is 2.11. The molecule has 2 N–H and O–H groups in total. The summed E-state index contributed by atoms with van der Waals surface area (Å²) >= 11 is 6.10. The number of benzene rings is 2. The fourth-order valence-corrected chi connectivity index (χ4v) is 2.92. The van der Waals surface area contributed by atoms with E-state index in [0.717, 1.165) is 24.7 Å². The molecule has 0 saturated heterocycles. The van der Waals surface area contributed by atoms with Crippen LogP contribution in [0, 0.1) is 5.92 Å². The zero-order valence-corrected chi connectivity index (χ0v) is 14.2. The van der Waals surface area contributed by atoms with Gasteiger partial charge in [-0.2, -0.15) is 0 Å².